The average Bonchev–Trinajstić information content (AvgIpc) is 2.07. The summed E-state index contributed by atoms with van der Waals surface area (Å²) in [5.41, 5.74) is 1.94. The van der Waals surface area contributed by atoms with E-state index in [9.17, 15) is 0 Å². The summed E-state index contributed by atoms with van der Waals surface area (Å²) < 4.78 is 0. The number of hydrogen-bond donors (Lipinski definition) is 0. The molecule has 1 aliphatic carbocycles. The maximum Gasteiger partial charge on any atom is 0.0947 e. The molecule has 0 unspecified atom stereocenters. The molecule has 0 heterocycles. The molecule has 0 radical (unpaired) electrons. The molecule has 0 saturated carbocycles. The normalized spacial score (nSPS) is 15.8. The van der Waals surface area contributed by atoms with Crippen molar-refractivity contribution < 1.29 is 0 Å². The Balaban J connectivity index is 2.65. The Labute approximate surface area is 66.1 Å². The van der Waals surface area contributed by atoms with Gasteiger partial charge in [0, 0.05) is 5.57 Å². The van der Waals surface area contributed by atoms with E-state index in [1.54, 1.807) is 6.08 Å². The molecular weight excluding hydrogens is 136 g/mol. The largest absolute Gasteiger partial charge is 0.198 e. The fraction of sp³-hybridized carbons (Fsp3) is 0.333. The first kappa shape index (κ1) is 7.57. The fourth-order valence-electron chi connectivity index (χ4n) is 1.02. The molecule has 0 spiro atoms. The molecule has 0 amide bonds. The predicted octanol–water partition coefficient (Wildman–Crippen LogP) is 2.07. The van der Waals surface area contributed by atoms with Gasteiger partial charge in [-0.25, -0.2) is 0 Å². The quantitative estimate of drug-likeness (QED) is 0.565. The van der Waals surface area contributed by atoms with E-state index in [2.05, 4.69) is 12.1 Å². The van der Waals surface area contributed by atoms with Crippen LogP contribution in [0, 0.1) is 22.7 Å². The topological polar surface area (TPSA) is 47.6 Å². The van der Waals surface area contributed by atoms with Crippen LogP contribution in [0.1, 0.15) is 19.3 Å². The van der Waals surface area contributed by atoms with Crippen LogP contribution in [-0.4, -0.2) is 0 Å². The van der Waals surface area contributed by atoms with Gasteiger partial charge in [0.25, 0.3) is 0 Å². The molecule has 0 aliphatic heterocycles. The van der Waals surface area contributed by atoms with Gasteiger partial charge in [0.1, 0.15) is 0 Å². The Bertz CT molecular complexity index is 284. The number of hydrogen-bond acceptors (Lipinski definition) is 2. The molecule has 1 rings (SSSR count). The second kappa shape index (κ2) is 3.58. The van der Waals surface area contributed by atoms with E-state index in [1.165, 1.54) is 0 Å². The van der Waals surface area contributed by atoms with Crippen molar-refractivity contribution >= 4 is 0 Å². The van der Waals surface area contributed by atoms with Crippen LogP contribution in [-0.2, 0) is 0 Å². The van der Waals surface area contributed by atoms with Crippen molar-refractivity contribution in [2.24, 2.45) is 0 Å². The first-order valence-electron chi connectivity index (χ1n) is 3.52. The Morgan fingerprint density at radius 2 is 2.09 bits per heavy atom. The van der Waals surface area contributed by atoms with E-state index in [4.69, 9.17) is 10.5 Å². The highest BCUT2D eigenvalue weighted by Crippen LogP contribution is 2.19. The first-order chi connectivity index (χ1) is 5.36. The summed E-state index contributed by atoms with van der Waals surface area (Å²) >= 11 is 0. The van der Waals surface area contributed by atoms with E-state index in [1.807, 2.05) is 6.08 Å². The van der Waals surface area contributed by atoms with Crippen LogP contribution < -0.4 is 0 Å². The lowest BCUT2D eigenvalue weighted by molar-refractivity contribution is 0.903. The highest BCUT2D eigenvalue weighted by atomic mass is 14.3. The van der Waals surface area contributed by atoms with Gasteiger partial charge in [-0.1, -0.05) is 11.6 Å². The molecule has 0 saturated heterocycles. The molecular formula is C9H8N2. The highest BCUT2D eigenvalue weighted by Gasteiger charge is 2.04. The minimum absolute atomic E-state index is 0.495. The van der Waals surface area contributed by atoms with E-state index < -0.39 is 0 Å². The minimum atomic E-state index is 0.495. The lowest BCUT2D eigenvalue weighted by Gasteiger charge is -2.05. The molecule has 2 heteroatoms. The molecule has 0 aromatic heterocycles. The van der Waals surface area contributed by atoms with Crippen LogP contribution in [0.4, 0.5) is 0 Å². The van der Waals surface area contributed by atoms with E-state index >= 15 is 0 Å². The summed E-state index contributed by atoms with van der Waals surface area (Å²) in [6.45, 7) is 0. The van der Waals surface area contributed by atoms with Gasteiger partial charge >= 0.3 is 0 Å². The molecule has 0 bridgehead atoms. The minimum Gasteiger partial charge on any atom is -0.198 e. The van der Waals surface area contributed by atoms with Gasteiger partial charge in [0.15, 0.2) is 0 Å². The second-order valence-electron chi connectivity index (χ2n) is 2.46. The molecule has 1 aliphatic rings. The van der Waals surface area contributed by atoms with Crippen LogP contribution in [0.25, 0.3) is 0 Å². The molecule has 0 atom stereocenters. The summed E-state index contributed by atoms with van der Waals surface area (Å²) in [4.78, 5) is 0. The first-order valence-corrected chi connectivity index (χ1v) is 3.52. The van der Waals surface area contributed by atoms with Crippen LogP contribution in [0.15, 0.2) is 23.3 Å². The summed E-state index contributed by atoms with van der Waals surface area (Å²) in [6, 6.07) is 4.19. The van der Waals surface area contributed by atoms with Crippen LogP contribution in [0.2, 0.25) is 0 Å². The molecule has 54 valence electrons. The van der Waals surface area contributed by atoms with E-state index in [0.29, 0.717) is 6.42 Å². The molecule has 0 N–H and O–H groups in total. The zero-order valence-electron chi connectivity index (χ0n) is 6.17. The van der Waals surface area contributed by atoms with Crippen molar-refractivity contribution in [3.05, 3.63) is 23.3 Å². The van der Waals surface area contributed by atoms with Gasteiger partial charge in [-0.05, 0) is 18.9 Å². The predicted molar refractivity (Wildman–Crippen MR) is 41.2 cm³/mol. The molecule has 0 fully saturated rings. The Morgan fingerprint density at radius 3 is 2.55 bits per heavy atom. The van der Waals surface area contributed by atoms with E-state index in [0.717, 1.165) is 24.0 Å². The van der Waals surface area contributed by atoms with E-state index in [-0.39, 0.29) is 0 Å². The third kappa shape index (κ3) is 1.95. The van der Waals surface area contributed by atoms with Crippen molar-refractivity contribution in [3.63, 3.8) is 0 Å². The van der Waals surface area contributed by atoms with Crippen molar-refractivity contribution in [1.29, 1.82) is 10.5 Å². The second-order valence-corrected chi connectivity index (χ2v) is 2.46. The summed E-state index contributed by atoms with van der Waals surface area (Å²) in [6.07, 6.45) is 5.84. The fourth-order valence-corrected chi connectivity index (χ4v) is 1.02. The third-order valence-electron chi connectivity index (χ3n) is 1.69. The van der Waals surface area contributed by atoms with Crippen LogP contribution in [0.5, 0.6) is 0 Å². The smallest absolute Gasteiger partial charge is 0.0947 e. The van der Waals surface area contributed by atoms with Gasteiger partial charge in [-0.3, -0.25) is 0 Å². The maximum absolute atomic E-state index is 8.49. The van der Waals surface area contributed by atoms with Crippen molar-refractivity contribution in [2.75, 3.05) is 0 Å². The number of nitrogens with zero attached hydrogens (tertiary/aromatic N) is 2. The van der Waals surface area contributed by atoms with Gasteiger partial charge in [-0.15, -0.1) is 0 Å². The highest BCUT2D eigenvalue weighted by molar-refractivity contribution is 5.33. The summed E-state index contributed by atoms with van der Waals surface area (Å²) in [5, 5.41) is 16.9. The Hall–Kier alpha value is -1.54. The van der Waals surface area contributed by atoms with Gasteiger partial charge in [0.2, 0.25) is 0 Å². The number of nitriles is 2. The van der Waals surface area contributed by atoms with Crippen molar-refractivity contribution in [1.82, 2.24) is 0 Å². The number of allylic oxidation sites excluding steroid dienone is 4. The van der Waals surface area contributed by atoms with Crippen LogP contribution >= 0.6 is 0 Å². The third-order valence-corrected chi connectivity index (χ3v) is 1.69. The Morgan fingerprint density at radius 1 is 1.27 bits per heavy atom. The zero-order valence-corrected chi connectivity index (χ0v) is 6.17. The monoisotopic (exact) mass is 144 g/mol. The molecule has 0 aromatic rings. The summed E-state index contributed by atoms with van der Waals surface area (Å²) in [7, 11) is 0. The van der Waals surface area contributed by atoms with Gasteiger partial charge < -0.3 is 0 Å². The average molecular weight is 144 g/mol. The van der Waals surface area contributed by atoms with Crippen molar-refractivity contribution in [3.8, 4) is 12.1 Å². The lowest BCUT2D eigenvalue weighted by atomic mass is 9.98. The van der Waals surface area contributed by atoms with Crippen LogP contribution in [0.3, 0.4) is 0 Å². The maximum atomic E-state index is 8.49. The standard InChI is InChI=1S/C9H8N2/c10-6-5-8-1-3-9(7-11)4-2-8/h1,3H,2,4-5H2. The molecule has 11 heavy (non-hydrogen) atoms. The lowest BCUT2D eigenvalue weighted by Crippen LogP contribution is -1.90. The molecule has 2 nitrogen and oxygen atoms in total. The molecule has 0 aromatic carbocycles. The van der Waals surface area contributed by atoms with Crippen molar-refractivity contribution in [2.45, 2.75) is 19.3 Å². The van der Waals surface area contributed by atoms with Gasteiger partial charge in [0.05, 0.1) is 18.6 Å². The Kier molecular flexibility index (Phi) is 2.47. The SMILES string of the molecule is N#CCC1=CC=C(C#N)CC1. The van der Waals surface area contributed by atoms with Gasteiger partial charge in [-0.2, -0.15) is 10.5 Å². The zero-order chi connectivity index (χ0) is 8.10. The number of rotatable bonds is 1. The summed E-state index contributed by atoms with van der Waals surface area (Å²) in [5.74, 6) is 0.